The minimum absolute atomic E-state index is 0.0517. The number of hydrogen-bond acceptors (Lipinski definition) is 5. The second kappa shape index (κ2) is 7.15. The van der Waals surface area contributed by atoms with Gasteiger partial charge in [-0.3, -0.25) is 14.2 Å². The Hall–Kier alpha value is -2.67. The molecule has 7 heteroatoms. The van der Waals surface area contributed by atoms with E-state index in [-0.39, 0.29) is 18.5 Å². The lowest BCUT2D eigenvalue weighted by molar-refractivity contribution is -0.118. The summed E-state index contributed by atoms with van der Waals surface area (Å²) in [5.74, 6) is 1.02. The highest BCUT2D eigenvalue weighted by Crippen LogP contribution is 2.35. The number of fused-ring (bicyclic) bond motifs is 3. The number of amides is 1. The minimum Gasteiger partial charge on any atom is -0.497 e. The average Bonchev–Trinajstić information content (AvgIpc) is 3.22. The van der Waals surface area contributed by atoms with Crippen LogP contribution in [0.1, 0.15) is 34.7 Å². The highest BCUT2D eigenvalue weighted by Gasteiger charge is 2.23. The first-order valence-corrected chi connectivity index (χ1v) is 9.83. The summed E-state index contributed by atoms with van der Waals surface area (Å²) in [6.45, 7) is 0.257. The van der Waals surface area contributed by atoms with Gasteiger partial charge in [-0.1, -0.05) is 12.1 Å². The number of carbonyl (C=O) groups excluding carboxylic acids is 1. The van der Waals surface area contributed by atoms with Gasteiger partial charge in [0, 0.05) is 24.3 Å². The van der Waals surface area contributed by atoms with Gasteiger partial charge in [0.15, 0.2) is 0 Å². The maximum absolute atomic E-state index is 13.2. The van der Waals surface area contributed by atoms with E-state index in [4.69, 9.17) is 15.5 Å². The Morgan fingerprint density at radius 3 is 2.78 bits per heavy atom. The number of nitrogens with two attached hydrogens (primary N) is 1. The average molecular weight is 383 g/mol. The summed E-state index contributed by atoms with van der Waals surface area (Å²) in [5.41, 5.74) is 7.45. The van der Waals surface area contributed by atoms with Crippen LogP contribution in [0.4, 0.5) is 0 Å². The van der Waals surface area contributed by atoms with Crippen molar-refractivity contribution in [3.63, 3.8) is 0 Å². The van der Waals surface area contributed by atoms with Crippen molar-refractivity contribution in [2.75, 3.05) is 7.11 Å². The van der Waals surface area contributed by atoms with Crippen LogP contribution in [0.5, 0.6) is 5.75 Å². The third-order valence-electron chi connectivity index (χ3n) is 5.01. The van der Waals surface area contributed by atoms with Crippen LogP contribution in [0.3, 0.4) is 0 Å². The molecule has 0 atom stereocenters. The van der Waals surface area contributed by atoms with Crippen molar-refractivity contribution in [2.24, 2.45) is 5.73 Å². The van der Waals surface area contributed by atoms with Gasteiger partial charge in [0.2, 0.25) is 5.91 Å². The second-order valence-electron chi connectivity index (χ2n) is 6.76. The van der Waals surface area contributed by atoms with E-state index in [1.54, 1.807) is 23.0 Å². The third-order valence-corrected chi connectivity index (χ3v) is 6.19. The predicted octanol–water partition coefficient (Wildman–Crippen LogP) is 2.42. The molecule has 0 spiro atoms. The molecular weight excluding hydrogens is 362 g/mol. The zero-order valence-corrected chi connectivity index (χ0v) is 16.0. The van der Waals surface area contributed by atoms with Gasteiger partial charge in [0.25, 0.3) is 5.56 Å². The zero-order valence-electron chi connectivity index (χ0n) is 15.2. The summed E-state index contributed by atoms with van der Waals surface area (Å²) >= 11 is 1.63. The van der Waals surface area contributed by atoms with E-state index in [0.29, 0.717) is 12.2 Å². The van der Waals surface area contributed by atoms with Crippen molar-refractivity contribution in [3.05, 3.63) is 56.4 Å². The minimum atomic E-state index is -0.423. The molecule has 0 saturated carbocycles. The Labute approximate surface area is 160 Å². The van der Waals surface area contributed by atoms with Crippen molar-refractivity contribution in [3.8, 4) is 5.75 Å². The molecule has 0 radical (unpaired) electrons. The number of methoxy groups -OCH3 is 1. The molecule has 6 nitrogen and oxygen atoms in total. The van der Waals surface area contributed by atoms with Gasteiger partial charge in [0.05, 0.1) is 12.5 Å². The smallest absolute Gasteiger partial charge is 0.262 e. The largest absolute Gasteiger partial charge is 0.497 e. The number of rotatable bonds is 6. The van der Waals surface area contributed by atoms with Crippen molar-refractivity contribution >= 4 is 27.5 Å². The van der Waals surface area contributed by atoms with E-state index in [2.05, 4.69) is 0 Å². The van der Waals surface area contributed by atoms with Gasteiger partial charge in [0.1, 0.15) is 16.4 Å². The molecule has 1 aliphatic carbocycles. The molecule has 1 amide bonds. The monoisotopic (exact) mass is 383 g/mol. The third kappa shape index (κ3) is 3.35. The van der Waals surface area contributed by atoms with E-state index in [0.717, 1.165) is 46.4 Å². The van der Waals surface area contributed by atoms with Crippen molar-refractivity contribution < 1.29 is 9.53 Å². The lowest BCUT2D eigenvalue weighted by Crippen LogP contribution is -2.28. The predicted molar refractivity (Wildman–Crippen MR) is 106 cm³/mol. The first-order valence-electron chi connectivity index (χ1n) is 9.02. The summed E-state index contributed by atoms with van der Waals surface area (Å²) in [7, 11) is 1.63. The van der Waals surface area contributed by atoms with Gasteiger partial charge < -0.3 is 10.5 Å². The van der Waals surface area contributed by atoms with Crippen LogP contribution in [-0.4, -0.2) is 22.6 Å². The summed E-state index contributed by atoms with van der Waals surface area (Å²) in [4.78, 5) is 31.4. The van der Waals surface area contributed by atoms with Crippen LogP contribution in [0.2, 0.25) is 0 Å². The van der Waals surface area contributed by atoms with Crippen LogP contribution >= 0.6 is 11.3 Å². The molecule has 1 aromatic carbocycles. The fourth-order valence-electron chi connectivity index (χ4n) is 3.63. The topological polar surface area (TPSA) is 87.2 Å². The molecule has 0 aliphatic heterocycles. The molecule has 2 aromatic heterocycles. The summed E-state index contributed by atoms with van der Waals surface area (Å²) in [6.07, 6.45) is 3.67. The maximum atomic E-state index is 13.2. The molecule has 140 valence electrons. The van der Waals surface area contributed by atoms with E-state index in [1.807, 2.05) is 24.3 Å². The molecule has 3 aromatic rings. The van der Waals surface area contributed by atoms with Gasteiger partial charge in [-0.15, -0.1) is 11.3 Å². The summed E-state index contributed by atoms with van der Waals surface area (Å²) in [5, 5.41) is 0.732. The number of nitrogens with zero attached hydrogens (tertiary/aromatic N) is 2. The number of thiophene rings is 1. The highest BCUT2D eigenvalue weighted by atomic mass is 32.1. The number of carbonyl (C=O) groups is 1. The fourth-order valence-corrected chi connectivity index (χ4v) is 4.90. The van der Waals surface area contributed by atoms with E-state index in [9.17, 15) is 9.59 Å². The Balaban J connectivity index is 1.80. The fraction of sp³-hybridized carbons (Fsp3) is 0.350. The Morgan fingerprint density at radius 1 is 1.30 bits per heavy atom. The summed E-state index contributed by atoms with van der Waals surface area (Å²) < 4.78 is 6.83. The van der Waals surface area contributed by atoms with Crippen LogP contribution in [0.15, 0.2) is 29.1 Å². The van der Waals surface area contributed by atoms with Crippen molar-refractivity contribution in [1.82, 2.24) is 9.55 Å². The molecule has 1 aliphatic rings. The van der Waals surface area contributed by atoms with Crippen molar-refractivity contribution in [2.45, 2.75) is 38.6 Å². The number of hydrogen-bond donors (Lipinski definition) is 1. The number of ether oxygens (including phenoxy) is 1. The van der Waals surface area contributed by atoms with E-state index < -0.39 is 5.91 Å². The van der Waals surface area contributed by atoms with Gasteiger partial charge in [-0.05, 0) is 42.5 Å². The SMILES string of the molecule is COc1ccc(Cc2nc3sc4c(c3c(=O)n2CCC(N)=O)CCC4)cc1. The van der Waals surface area contributed by atoms with E-state index in [1.165, 1.54) is 4.88 Å². The quantitative estimate of drug-likeness (QED) is 0.708. The Morgan fingerprint density at radius 2 is 2.07 bits per heavy atom. The summed E-state index contributed by atoms with van der Waals surface area (Å²) in [6, 6.07) is 7.70. The molecule has 0 unspecified atom stereocenters. The standard InChI is InChI=1S/C20H21N3O3S/c1-26-13-7-5-12(6-8-13)11-17-22-19-18(14-3-2-4-15(14)27-19)20(25)23(17)10-9-16(21)24/h5-8H,2-4,9-11H2,1H3,(H2,21,24). The molecule has 0 fully saturated rings. The normalized spacial score (nSPS) is 13.1. The van der Waals surface area contributed by atoms with Crippen LogP contribution in [0.25, 0.3) is 10.2 Å². The lowest BCUT2D eigenvalue weighted by Gasteiger charge is -2.12. The van der Waals surface area contributed by atoms with Crippen molar-refractivity contribution in [1.29, 1.82) is 0 Å². The molecule has 2 heterocycles. The molecular formula is C20H21N3O3S. The Kier molecular flexibility index (Phi) is 4.70. The molecule has 2 N–H and O–H groups in total. The van der Waals surface area contributed by atoms with Crippen LogP contribution in [-0.2, 0) is 30.6 Å². The maximum Gasteiger partial charge on any atom is 0.262 e. The van der Waals surface area contributed by atoms with Gasteiger partial charge in [-0.25, -0.2) is 4.98 Å². The van der Waals surface area contributed by atoms with Crippen LogP contribution < -0.4 is 16.0 Å². The number of benzene rings is 1. The highest BCUT2D eigenvalue weighted by molar-refractivity contribution is 7.18. The van der Waals surface area contributed by atoms with Crippen LogP contribution in [0, 0.1) is 0 Å². The lowest BCUT2D eigenvalue weighted by atomic mass is 10.1. The van der Waals surface area contributed by atoms with Gasteiger partial charge in [-0.2, -0.15) is 0 Å². The molecule has 27 heavy (non-hydrogen) atoms. The molecule has 4 rings (SSSR count). The molecule has 0 saturated heterocycles. The number of primary amides is 1. The first-order chi connectivity index (χ1) is 13.1. The number of aryl methyl sites for hydroxylation is 2. The second-order valence-corrected chi connectivity index (χ2v) is 7.85. The zero-order chi connectivity index (χ0) is 19.0. The first kappa shape index (κ1) is 17.7. The van der Waals surface area contributed by atoms with E-state index >= 15 is 0 Å². The molecule has 0 bridgehead atoms. The Bertz CT molecular complexity index is 1070. The van der Waals surface area contributed by atoms with Gasteiger partial charge >= 0.3 is 0 Å². The number of aromatic nitrogens is 2.